The average molecular weight is 329 g/mol. The van der Waals surface area contributed by atoms with Crippen LogP contribution in [0, 0.1) is 11.3 Å². The predicted molar refractivity (Wildman–Crippen MR) is 88.6 cm³/mol. The first-order valence-corrected chi connectivity index (χ1v) is 8.46. The Morgan fingerprint density at radius 2 is 2.29 bits per heavy atom. The molecule has 6 nitrogen and oxygen atoms in total. The third kappa shape index (κ3) is 4.05. The summed E-state index contributed by atoms with van der Waals surface area (Å²) < 4.78 is 11.5. The predicted octanol–water partition coefficient (Wildman–Crippen LogP) is 1.30. The summed E-state index contributed by atoms with van der Waals surface area (Å²) >= 11 is 0. The molecule has 0 unspecified atom stereocenters. The van der Waals surface area contributed by atoms with Gasteiger partial charge in [0.2, 0.25) is 0 Å². The van der Waals surface area contributed by atoms with E-state index < -0.39 is 6.10 Å². The zero-order valence-electron chi connectivity index (χ0n) is 13.9. The maximum Gasteiger partial charge on any atom is 0.260 e. The van der Waals surface area contributed by atoms with Gasteiger partial charge in [0, 0.05) is 19.1 Å². The molecule has 2 aliphatic heterocycles. The Kier molecular flexibility index (Phi) is 5.34. The quantitative estimate of drug-likeness (QED) is 0.881. The van der Waals surface area contributed by atoms with Crippen molar-refractivity contribution >= 4 is 5.91 Å². The van der Waals surface area contributed by atoms with E-state index in [4.69, 9.17) is 14.7 Å². The number of carbonyl (C=O) groups is 1. The summed E-state index contributed by atoms with van der Waals surface area (Å²) in [4.78, 5) is 14.6. The molecule has 128 valence electrons. The minimum absolute atomic E-state index is 0.0467. The van der Waals surface area contributed by atoms with Crippen molar-refractivity contribution in [1.82, 2.24) is 10.2 Å². The largest absolute Gasteiger partial charge is 0.481 e. The number of carbonyl (C=O) groups excluding carboxylic acids is 1. The number of fused-ring (bicyclic) bond motifs is 1. The maximum atomic E-state index is 12.2. The molecule has 2 aliphatic rings. The fourth-order valence-electron chi connectivity index (χ4n) is 3.23. The molecule has 24 heavy (non-hydrogen) atoms. The Morgan fingerprint density at radius 3 is 3.04 bits per heavy atom. The normalized spacial score (nSPS) is 24.7. The van der Waals surface area contributed by atoms with Gasteiger partial charge in [-0.2, -0.15) is 5.26 Å². The first-order chi connectivity index (χ1) is 11.7. The Hall–Kier alpha value is -2.10. The Morgan fingerprint density at radius 1 is 1.50 bits per heavy atom. The van der Waals surface area contributed by atoms with E-state index in [1.54, 1.807) is 31.2 Å². The molecule has 2 saturated heterocycles. The highest BCUT2D eigenvalue weighted by Gasteiger charge is 2.32. The highest BCUT2D eigenvalue weighted by atomic mass is 16.5. The van der Waals surface area contributed by atoms with Crippen LogP contribution in [-0.2, 0) is 9.53 Å². The number of nitriles is 1. The monoisotopic (exact) mass is 329 g/mol. The minimum Gasteiger partial charge on any atom is -0.481 e. The van der Waals surface area contributed by atoms with E-state index in [1.807, 2.05) is 0 Å². The van der Waals surface area contributed by atoms with Gasteiger partial charge < -0.3 is 14.8 Å². The van der Waals surface area contributed by atoms with Gasteiger partial charge in [-0.25, -0.2) is 0 Å². The van der Waals surface area contributed by atoms with Crippen molar-refractivity contribution in [3.8, 4) is 11.8 Å². The van der Waals surface area contributed by atoms with E-state index in [-0.39, 0.29) is 12.0 Å². The summed E-state index contributed by atoms with van der Waals surface area (Å²) in [6.45, 7) is 5.00. The molecule has 3 atom stereocenters. The Balaban J connectivity index is 1.43. The summed E-state index contributed by atoms with van der Waals surface area (Å²) in [7, 11) is 0. The number of morpholine rings is 1. The molecular weight excluding hydrogens is 306 g/mol. The van der Waals surface area contributed by atoms with Crippen LogP contribution < -0.4 is 10.1 Å². The highest BCUT2D eigenvalue weighted by molar-refractivity contribution is 5.80. The van der Waals surface area contributed by atoms with Crippen molar-refractivity contribution in [1.29, 1.82) is 5.26 Å². The number of benzene rings is 1. The van der Waals surface area contributed by atoms with Crippen LogP contribution in [0.1, 0.15) is 25.3 Å². The lowest BCUT2D eigenvalue weighted by Crippen LogP contribution is -2.51. The third-order valence-corrected chi connectivity index (χ3v) is 4.63. The number of nitrogens with zero attached hydrogens (tertiary/aromatic N) is 2. The van der Waals surface area contributed by atoms with Gasteiger partial charge in [-0.3, -0.25) is 9.69 Å². The molecule has 1 N–H and O–H groups in total. The van der Waals surface area contributed by atoms with Crippen LogP contribution in [0.15, 0.2) is 24.3 Å². The van der Waals surface area contributed by atoms with Gasteiger partial charge in [0.15, 0.2) is 6.10 Å². The molecule has 0 radical (unpaired) electrons. The summed E-state index contributed by atoms with van der Waals surface area (Å²) in [6.07, 6.45) is 1.91. The van der Waals surface area contributed by atoms with E-state index in [9.17, 15) is 4.79 Å². The molecule has 0 spiro atoms. The molecule has 2 heterocycles. The van der Waals surface area contributed by atoms with Gasteiger partial charge in [-0.05, 0) is 50.6 Å². The molecule has 1 aromatic rings. The molecule has 2 fully saturated rings. The van der Waals surface area contributed by atoms with Crippen molar-refractivity contribution in [3.05, 3.63) is 29.8 Å². The number of amides is 1. The standard InChI is InChI=1S/C18H23N3O3/c1-13(24-16-6-4-14(9-19)5-7-16)18(22)20-10-17-11-21-8-2-3-15(21)12-23-17/h4-7,13,15,17H,2-3,8,10-12H2,1H3,(H,20,22)/t13-,15+,17-/m0/s1. The van der Waals surface area contributed by atoms with E-state index in [0.717, 1.165) is 19.7 Å². The van der Waals surface area contributed by atoms with Gasteiger partial charge in [-0.1, -0.05) is 0 Å². The SMILES string of the molecule is C[C@H](Oc1ccc(C#N)cc1)C(=O)NC[C@H]1CN2CCC[C@@H]2CO1. The van der Waals surface area contributed by atoms with Crippen molar-refractivity contribution in [2.24, 2.45) is 0 Å². The fraction of sp³-hybridized carbons (Fsp3) is 0.556. The second-order valence-electron chi connectivity index (χ2n) is 6.39. The van der Waals surface area contributed by atoms with E-state index in [2.05, 4.69) is 16.3 Å². The van der Waals surface area contributed by atoms with Gasteiger partial charge in [0.1, 0.15) is 5.75 Å². The lowest BCUT2D eigenvalue weighted by Gasteiger charge is -2.35. The molecule has 1 aromatic carbocycles. The molecule has 1 amide bonds. The van der Waals surface area contributed by atoms with E-state index in [0.29, 0.717) is 23.9 Å². The topological polar surface area (TPSA) is 74.6 Å². The summed E-state index contributed by atoms with van der Waals surface area (Å²) in [5.74, 6) is 0.414. The molecule has 3 rings (SSSR count). The van der Waals surface area contributed by atoms with E-state index in [1.165, 1.54) is 12.8 Å². The van der Waals surface area contributed by atoms with Gasteiger partial charge in [0.05, 0.1) is 24.3 Å². The van der Waals surface area contributed by atoms with Crippen LogP contribution in [0.2, 0.25) is 0 Å². The lowest BCUT2D eigenvalue weighted by molar-refractivity contribution is -0.128. The van der Waals surface area contributed by atoms with Gasteiger partial charge >= 0.3 is 0 Å². The van der Waals surface area contributed by atoms with Crippen molar-refractivity contribution in [2.45, 2.75) is 38.0 Å². The summed E-state index contributed by atoms with van der Waals surface area (Å²) in [5, 5.41) is 11.7. The maximum absolute atomic E-state index is 12.2. The summed E-state index contributed by atoms with van der Waals surface area (Å²) in [5.41, 5.74) is 0.564. The second-order valence-corrected chi connectivity index (χ2v) is 6.39. The first-order valence-electron chi connectivity index (χ1n) is 8.46. The Labute approximate surface area is 142 Å². The third-order valence-electron chi connectivity index (χ3n) is 4.63. The Bertz CT molecular complexity index is 611. The molecule has 0 aliphatic carbocycles. The van der Waals surface area contributed by atoms with Crippen LogP contribution in [0.5, 0.6) is 5.75 Å². The van der Waals surface area contributed by atoms with Crippen LogP contribution >= 0.6 is 0 Å². The molecule has 6 heteroatoms. The number of rotatable bonds is 5. The van der Waals surface area contributed by atoms with Gasteiger partial charge in [-0.15, -0.1) is 0 Å². The number of nitrogens with one attached hydrogen (secondary N) is 1. The lowest BCUT2D eigenvalue weighted by atomic mass is 10.2. The number of ether oxygens (including phenoxy) is 2. The number of hydrogen-bond donors (Lipinski definition) is 1. The zero-order valence-corrected chi connectivity index (χ0v) is 13.9. The summed E-state index contributed by atoms with van der Waals surface area (Å²) in [6, 6.07) is 9.34. The van der Waals surface area contributed by atoms with Crippen molar-refractivity contribution < 1.29 is 14.3 Å². The van der Waals surface area contributed by atoms with Crippen LogP contribution in [0.4, 0.5) is 0 Å². The molecular formula is C18H23N3O3. The first kappa shape index (κ1) is 16.7. The van der Waals surface area contributed by atoms with E-state index >= 15 is 0 Å². The van der Waals surface area contributed by atoms with Crippen LogP contribution in [-0.4, -0.2) is 55.3 Å². The van der Waals surface area contributed by atoms with Gasteiger partial charge in [0.25, 0.3) is 5.91 Å². The molecule has 0 saturated carbocycles. The second kappa shape index (κ2) is 7.65. The van der Waals surface area contributed by atoms with Crippen molar-refractivity contribution in [3.63, 3.8) is 0 Å². The fourth-order valence-corrected chi connectivity index (χ4v) is 3.23. The highest BCUT2D eigenvalue weighted by Crippen LogP contribution is 2.22. The molecule has 0 bridgehead atoms. The zero-order chi connectivity index (χ0) is 16.9. The van der Waals surface area contributed by atoms with Crippen LogP contribution in [0.3, 0.4) is 0 Å². The molecule has 0 aromatic heterocycles. The smallest absolute Gasteiger partial charge is 0.260 e. The minimum atomic E-state index is -0.596. The number of hydrogen-bond acceptors (Lipinski definition) is 5. The van der Waals surface area contributed by atoms with Crippen molar-refractivity contribution in [2.75, 3.05) is 26.2 Å². The van der Waals surface area contributed by atoms with Crippen LogP contribution in [0.25, 0.3) is 0 Å². The average Bonchev–Trinajstić information content (AvgIpc) is 3.08.